The molecule has 11 heteroatoms. The number of nitrogens with zero attached hydrogens (tertiary/aromatic N) is 7. The van der Waals surface area contributed by atoms with Gasteiger partial charge in [0.2, 0.25) is 11.8 Å². The van der Waals surface area contributed by atoms with E-state index in [9.17, 15) is 4.91 Å². The van der Waals surface area contributed by atoms with E-state index in [1.807, 2.05) is 13.2 Å². The van der Waals surface area contributed by atoms with Crippen molar-refractivity contribution in [3.05, 3.63) is 41.5 Å². The molecule has 3 aromatic rings. The first kappa shape index (κ1) is 19.7. The zero-order valence-electron chi connectivity index (χ0n) is 16.9. The second-order valence-electron chi connectivity index (χ2n) is 7.37. The van der Waals surface area contributed by atoms with Crippen LogP contribution in [0.1, 0.15) is 12.8 Å². The van der Waals surface area contributed by atoms with Crippen LogP contribution in [0.2, 0.25) is 0 Å². The van der Waals surface area contributed by atoms with Gasteiger partial charge in [-0.15, -0.1) is 4.91 Å². The first-order valence-electron chi connectivity index (χ1n) is 9.71. The summed E-state index contributed by atoms with van der Waals surface area (Å²) < 4.78 is 3.45. The summed E-state index contributed by atoms with van der Waals surface area (Å²) in [6.07, 6.45) is 10.3. The van der Waals surface area contributed by atoms with Gasteiger partial charge in [0.25, 0.3) is 0 Å². The fourth-order valence-electron chi connectivity index (χ4n) is 3.52. The molecule has 0 spiro atoms. The minimum Gasteiger partial charge on any atom is -0.386 e. The Kier molecular flexibility index (Phi) is 5.53. The number of likely N-dealkylation sites (tertiary alicyclic amines) is 1. The van der Waals surface area contributed by atoms with Crippen molar-refractivity contribution in [2.45, 2.75) is 18.9 Å². The molecule has 1 fully saturated rings. The Morgan fingerprint density at radius 1 is 1.30 bits per heavy atom. The SMILES string of the molecule is CN1CCC(N/C=C(\C=N)Nc2nc(N=O)c3c(ccn3-c3cnn(C)c3)n2)CC1. The number of aromatic nitrogens is 5. The van der Waals surface area contributed by atoms with Crippen LogP contribution in [0.4, 0.5) is 11.8 Å². The molecule has 1 aliphatic heterocycles. The number of anilines is 1. The van der Waals surface area contributed by atoms with Gasteiger partial charge in [0.15, 0.2) is 0 Å². The lowest BCUT2D eigenvalue weighted by Gasteiger charge is -2.29. The largest absolute Gasteiger partial charge is 0.386 e. The highest BCUT2D eigenvalue weighted by molar-refractivity contribution is 5.88. The van der Waals surface area contributed by atoms with Crippen molar-refractivity contribution in [3.63, 3.8) is 0 Å². The van der Waals surface area contributed by atoms with Crippen molar-refractivity contribution < 1.29 is 0 Å². The van der Waals surface area contributed by atoms with Gasteiger partial charge in [-0.05, 0) is 44.2 Å². The number of nitrogens with one attached hydrogen (secondary N) is 3. The van der Waals surface area contributed by atoms with E-state index in [0.717, 1.165) is 31.6 Å². The molecule has 3 N–H and O–H groups in total. The maximum atomic E-state index is 11.5. The molecule has 4 heterocycles. The molecule has 0 aliphatic carbocycles. The maximum absolute atomic E-state index is 11.5. The van der Waals surface area contributed by atoms with E-state index in [1.54, 1.807) is 33.9 Å². The Balaban J connectivity index is 1.57. The Hall–Kier alpha value is -3.60. The molecule has 4 rings (SSSR count). The molecule has 0 saturated carbocycles. The number of piperidine rings is 1. The molecule has 1 aliphatic rings. The monoisotopic (exact) mass is 408 g/mol. The summed E-state index contributed by atoms with van der Waals surface area (Å²) in [7, 11) is 3.93. The number of hydrogen-bond acceptors (Lipinski definition) is 9. The maximum Gasteiger partial charge on any atom is 0.230 e. The van der Waals surface area contributed by atoms with E-state index in [1.165, 1.54) is 6.21 Å². The normalized spacial score (nSPS) is 16.0. The first-order chi connectivity index (χ1) is 14.6. The van der Waals surface area contributed by atoms with Crippen LogP contribution in [0.25, 0.3) is 16.7 Å². The van der Waals surface area contributed by atoms with Crippen molar-refractivity contribution in [3.8, 4) is 5.69 Å². The van der Waals surface area contributed by atoms with Crippen molar-refractivity contribution in [1.29, 1.82) is 5.41 Å². The third kappa shape index (κ3) is 4.06. The summed E-state index contributed by atoms with van der Waals surface area (Å²) in [4.78, 5) is 22.5. The van der Waals surface area contributed by atoms with Gasteiger partial charge < -0.3 is 25.5 Å². The number of fused-ring (bicyclic) bond motifs is 1. The van der Waals surface area contributed by atoms with Crippen LogP contribution >= 0.6 is 0 Å². The number of aryl methyl sites for hydroxylation is 1. The lowest BCUT2D eigenvalue weighted by atomic mass is 10.1. The molecule has 0 bridgehead atoms. The van der Waals surface area contributed by atoms with Crippen LogP contribution in [0.5, 0.6) is 0 Å². The third-order valence-electron chi connectivity index (χ3n) is 5.18. The Labute approximate surface area is 173 Å². The standard InChI is InChI=1S/C19H24N10O/c1-27-6-3-13(4-7-27)21-10-14(9-20)23-19-24-16-5-8-29(15-11-22-28(2)12-15)17(16)18(25-19)26-30/h5,8-13,20-21H,3-4,6-7H2,1-2H3,(H,23,24,25)/b14-10+,20-9?. The quantitative estimate of drug-likeness (QED) is 0.403. The van der Waals surface area contributed by atoms with E-state index in [-0.39, 0.29) is 11.8 Å². The fourth-order valence-corrected chi connectivity index (χ4v) is 3.52. The predicted molar refractivity (Wildman–Crippen MR) is 115 cm³/mol. The van der Waals surface area contributed by atoms with Crippen molar-refractivity contribution in [2.75, 3.05) is 25.5 Å². The van der Waals surface area contributed by atoms with Gasteiger partial charge in [0, 0.05) is 37.9 Å². The molecular formula is C19H24N10O. The van der Waals surface area contributed by atoms with Gasteiger partial charge in [-0.1, -0.05) is 0 Å². The average molecular weight is 408 g/mol. The molecular weight excluding hydrogens is 384 g/mol. The van der Waals surface area contributed by atoms with Gasteiger partial charge in [-0.25, -0.2) is 4.98 Å². The van der Waals surface area contributed by atoms with Crippen molar-refractivity contribution in [1.82, 2.24) is 34.5 Å². The Morgan fingerprint density at radius 2 is 2.10 bits per heavy atom. The van der Waals surface area contributed by atoms with Gasteiger partial charge in [-0.3, -0.25) is 4.68 Å². The zero-order valence-corrected chi connectivity index (χ0v) is 16.9. The fraction of sp³-hybridized carbons (Fsp3) is 0.368. The highest BCUT2D eigenvalue weighted by Gasteiger charge is 2.17. The van der Waals surface area contributed by atoms with Crippen LogP contribution in [-0.2, 0) is 7.05 Å². The lowest BCUT2D eigenvalue weighted by Crippen LogP contribution is -2.39. The summed E-state index contributed by atoms with van der Waals surface area (Å²) in [6.45, 7) is 2.09. The smallest absolute Gasteiger partial charge is 0.230 e. The molecule has 0 radical (unpaired) electrons. The number of rotatable bonds is 7. The summed E-state index contributed by atoms with van der Waals surface area (Å²) >= 11 is 0. The molecule has 0 amide bonds. The van der Waals surface area contributed by atoms with Crippen LogP contribution < -0.4 is 10.6 Å². The zero-order chi connectivity index (χ0) is 21.1. The predicted octanol–water partition coefficient (Wildman–Crippen LogP) is 2.14. The van der Waals surface area contributed by atoms with E-state index in [4.69, 9.17) is 5.41 Å². The van der Waals surface area contributed by atoms with Gasteiger partial charge in [0.1, 0.15) is 5.52 Å². The second kappa shape index (κ2) is 8.41. The van der Waals surface area contributed by atoms with Gasteiger partial charge in [-0.2, -0.15) is 10.1 Å². The molecule has 0 unspecified atom stereocenters. The first-order valence-corrected chi connectivity index (χ1v) is 9.71. The summed E-state index contributed by atoms with van der Waals surface area (Å²) in [5.41, 5.74) is 2.35. The second-order valence-corrected chi connectivity index (χ2v) is 7.37. The highest BCUT2D eigenvalue weighted by atomic mass is 16.3. The van der Waals surface area contributed by atoms with Crippen molar-refractivity contribution in [2.24, 2.45) is 12.2 Å². The molecule has 156 valence electrons. The molecule has 11 nitrogen and oxygen atoms in total. The minimum absolute atomic E-state index is 0.0176. The lowest BCUT2D eigenvalue weighted by molar-refractivity contribution is 0.244. The van der Waals surface area contributed by atoms with Crippen molar-refractivity contribution >= 4 is 29.0 Å². The summed E-state index contributed by atoms with van der Waals surface area (Å²) in [6, 6.07) is 2.15. The van der Waals surface area contributed by atoms with Gasteiger partial charge in [0.05, 0.1) is 23.1 Å². The Bertz CT molecular complexity index is 1090. The topological polar surface area (TPSA) is 129 Å². The molecule has 30 heavy (non-hydrogen) atoms. The van der Waals surface area contributed by atoms with Crippen LogP contribution in [0.3, 0.4) is 0 Å². The van der Waals surface area contributed by atoms with E-state index < -0.39 is 0 Å². The third-order valence-corrected chi connectivity index (χ3v) is 5.18. The molecule has 0 atom stereocenters. The minimum atomic E-state index is 0.0176. The average Bonchev–Trinajstić information content (AvgIpc) is 3.37. The number of nitroso groups, excluding NO2 is 1. The van der Waals surface area contributed by atoms with E-state index >= 15 is 0 Å². The summed E-state index contributed by atoms with van der Waals surface area (Å²) in [5.74, 6) is 0.227. The molecule has 1 saturated heterocycles. The number of allylic oxidation sites excluding steroid dienone is 1. The van der Waals surface area contributed by atoms with Gasteiger partial charge >= 0.3 is 0 Å². The van der Waals surface area contributed by atoms with Crippen LogP contribution in [0, 0.1) is 10.3 Å². The molecule has 0 aromatic carbocycles. The molecule has 3 aromatic heterocycles. The van der Waals surface area contributed by atoms with Crippen LogP contribution in [0.15, 0.2) is 41.7 Å². The number of hydrogen-bond donors (Lipinski definition) is 3. The van der Waals surface area contributed by atoms with Crippen LogP contribution in [-0.4, -0.2) is 61.6 Å². The summed E-state index contributed by atoms with van der Waals surface area (Å²) in [5, 5.41) is 21.3. The van der Waals surface area contributed by atoms with E-state index in [2.05, 4.69) is 42.8 Å². The highest BCUT2D eigenvalue weighted by Crippen LogP contribution is 2.28. The van der Waals surface area contributed by atoms with E-state index in [0.29, 0.717) is 22.8 Å². The Morgan fingerprint density at radius 3 is 2.77 bits per heavy atom.